The van der Waals surface area contributed by atoms with Crippen molar-refractivity contribution in [2.24, 2.45) is 11.3 Å². The van der Waals surface area contributed by atoms with Crippen LogP contribution in [0.25, 0.3) is 0 Å². The first-order valence-corrected chi connectivity index (χ1v) is 4.65. The van der Waals surface area contributed by atoms with Crippen LogP contribution >= 0.6 is 0 Å². The van der Waals surface area contributed by atoms with Crippen molar-refractivity contribution in [2.75, 3.05) is 0 Å². The molecular weight excluding hydrogens is 136 g/mol. The van der Waals surface area contributed by atoms with Crippen molar-refractivity contribution < 1.29 is 5.11 Å². The van der Waals surface area contributed by atoms with Gasteiger partial charge in [-0.2, -0.15) is 0 Å². The van der Waals surface area contributed by atoms with Crippen molar-refractivity contribution >= 4 is 0 Å². The minimum Gasteiger partial charge on any atom is -0.390 e. The number of aliphatic hydroxyl groups is 1. The molecular formula is C10H20O. The van der Waals surface area contributed by atoms with Crippen LogP contribution in [0, 0.1) is 11.3 Å². The normalized spacial score (nSPS) is 24.8. The largest absolute Gasteiger partial charge is 0.390 e. The first kappa shape index (κ1) is 9.05. The smallest absolute Gasteiger partial charge is 0.0680 e. The summed E-state index contributed by atoms with van der Waals surface area (Å²) in [7, 11) is 0. The molecule has 11 heavy (non-hydrogen) atoms. The zero-order valence-corrected chi connectivity index (χ0v) is 8.15. The monoisotopic (exact) mass is 156 g/mol. The lowest BCUT2D eigenvalue weighted by Crippen LogP contribution is -2.32. The molecule has 1 rings (SSSR count). The van der Waals surface area contributed by atoms with Crippen LogP contribution in [0.3, 0.4) is 0 Å². The molecule has 1 aliphatic carbocycles. The van der Waals surface area contributed by atoms with Gasteiger partial charge in [0, 0.05) is 0 Å². The Balaban J connectivity index is 2.59. The van der Waals surface area contributed by atoms with Gasteiger partial charge in [0.25, 0.3) is 0 Å². The first-order valence-electron chi connectivity index (χ1n) is 4.65. The van der Waals surface area contributed by atoms with Crippen LogP contribution in [-0.4, -0.2) is 10.7 Å². The molecule has 0 heterocycles. The average molecular weight is 156 g/mol. The Morgan fingerprint density at radius 1 is 1.45 bits per heavy atom. The second kappa shape index (κ2) is 2.48. The summed E-state index contributed by atoms with van der Waals surface area (Å²) in [6, 6.07) is 0. The lowest BCUT2D eigenvalue weighted by Gasteiger charge is -2.34. The second-order valence-corrected chi connectivity index (χ2v) is 4.67. The van der Waals surface area contributed by atoms with Gasteiger partial charge in [-0.3, -0.25) is 0 Å². The Morgan fingerprint density at radius 3 is 2.18 bits per heavy atom. The van der Waals surface area contributed by atoms with E-state index in [9.17, 15) is 5.11 Å². The molecule has 1 heteroatoms. The van der Waals surface area contributed by atoms with Gasteiger partial charge < -0.3 is 5.11 Å². The third-order valence-corrected chi connectivity index (χ3v) is 3.65. The van der Waals surface area contributed by atoms with Crippen molar-refractivity contribution in [3.63, 3.8) is 0 Å². The topological polar surface area (TPSA) is 20.2 Å². The quantitative estimate of drug-likeness (QED) is 0.666. The third kappa shape index (κ3) is 1.58. The van der Waals surface area contributed by atoms with Gasteiger partial charge in [-0.25, -0.2) is 0 Å². The molecule has 0 spiro atoms. The maximum absolute atomic E-state index is 9.86. The molecule has 0 bridgehead atoms. The Morgan fingerprint density at radius 2 is 1.91 bits per heavy atom. The van der Waals surface area contributed by atoms with Crippen molar-refractivity contribution in [1.82, 2.24) is 0 Å². The van der Waals surface area contributed by atoms with Gasteiger partial charge in [0.05, 0.1) is 5.60 Å². The van der Waals surface area contributed by atoms with Crippen molar-refractivity contribution in [2.45, 2.75) is 52.6 Å². The number of hydrogen-bond acceptors (Lipinski definition) is 1. The molecule has 0 amide bonds. The maximum Gasteiger partial charge on any atom is 0.0680 e. The van der Waals surface area contributed by atoms with E-state index in [0.29, 0.717) is 11.3 Å². The molecule has 1 fully saturated rings. The van der Waals surface area contributed by atoms with E-state index >= 15 is 0 Å². The fourth-order valence-electron chi connectivity index (χ4n) is 1.59. The molecule has 1 nitrogen and oxygen atoms in total. The molecule has 0 aromatic heterocycles. The van der Waals surface area contributed by atoms with Crippen molar-refractivity contribution in [3.05, 3.63) is 0 Å². The SMILES string of the molecule is CCC(C)(C)C(C)C1(O)CC1. The molecule has 66 valence electrons. The lowest BCUT2D eigenvalue weighted by atomic mass is 9.74. The highest BCUT2D eigenvalue weighted by Gasteiger charge is 2.50. The van der Waals surface area contributed by atoms with Gasteiger partial charge >= 0.3 is 0 Å². The minimum atomic E-state index is -0.306. The van der Waals surface area contributed by atoms with Crippen LogP contribution < -0.4 is 0 Å². The molecule has 0 saturated heterocycles. The van der Waals surface area contributed by atoms with E-state index in [1.807, 2.05) is 0 Å². The van der Waals surface area contributed by atoms with Crippen LogP contribution in [0.4, 0.5) is 0 Å². The maximum atomic E-state index is 9.86. The van der Waals surface area contributed by atoms with Crippen LogP contribution in [0.15, 0.2) is 0 Å². The van der Waals surface area contributed by atoms with Crippen molar-refractivity contribution in [1.29, 1.82) is 0 Å². The summed E-state index contributed by atoms with van der Waals surface area (Å²) in [6.45, 7) is 8.86. The third-order valence-electron chi connectivity index (χ3n) is 3.65. The van der Waals surface area contributed by atoms with Gasteiger partial charge in [0.2, 0.25) is 0 Å². The van der Waals surface area contributed by atoms with E-state index in [0.717, 1.165) is 19.3 Å². The molecule has 0 aromatic rings. The molecule has 0 radical (unpaired) electrons. The highest BCUT2D eigenvalue weighted by molar-refractivity contribution is 5.01. The molecule has 1 atom stereocenters. The number of rotatable bonds is 3. The molecule has 0 aromatic carbocycles. The van der Waals surface area contributed by atoms with Crippen LogP contribution in [0.1, 0.15) is 47.0 Å². The molecule has 1 unspecified atom stereocenters. The summed E-state index contributed by atoms with van der Waals surface area (Å²) in [5, 5.41) is 9.86. The summed E-state index contributed by atoms with van der Waals surface area (Å²) in [4.78, 5) is 0. The van der Waals surface area contributed by atoms with Gasteiger partial charge in [-0.05, 0) is 24.2 Å². The molecule has 1 saturated carbocycles. The first-order chi connectivity index (χ1) is 4.92. The van der Waals surface area contributed by atoms with Gasteiger partial charge in [0.15, 0.2) is 0 Å². The summed E-state index contributed by atoms with van der Waals surface area (Å²) in [6.07, 6.45) is 3.17. The summed E-state index contributed by atoms with van der Waals surface area (Å²) in [5.74, 6) is 0.444. The van der Waals surface area contributed by atoms with E-state index < -0.39 is 0 Å². The summed E-state index contributed by atoms with van der Waals surface area (Å²) < 4.78 is 0. The fourth-order valence-corrected chi connectivity index (χ4v) is 1.59. The van der Waals surface area contributed by atoms with E-state index in [2.05, 4.69) is 27.7 Å². The molecule has 1 N–H and O–H groups in total. The zero-order chi connectivity index (χ0) is 8.70. The van der Waals surface area contributed by atoms with E-state index in [1.54, 1.807) is 0 Å². The minimum absolute atomic E-state index is 0.297. The zero-order valence-electron chi connectivity index (χ0n) is 8.15. The Hall–Kier alpha value is -0.0400. The Labute approximate surface area is 69.8 Å². The molecule has 1 aliphatic rings. The van der Waals surface area contributed by atoms with Crippen molar-refractivity contribution in [3.8, 4) is 0 Å². The lowest BCUT2D eigenvalue weighted by molar-refractivity contribution is 0.0218. The van der Waals surface area contributed by atoms with Gasteiger partial charge in [-0.1, -0.05) is 34.1 Å². The predicted octanol–water partition coefficient (Wildman–Crippen LogP) is 2.58. The predicted molar refractivity (Wildman–Crippen MR) is 47.4 cm³/mol. The average Bonchev–Trinajstić information content (AvgIpc) is 2.68. The number of hydrogen-bond donors (Lipinski definition) is 1. The second-order valence-electron chi connectivity index (χ2n) is 4.67. The summed E-state index contributed by atoms with van der Waals surface area (Å²) in [5.41, 5.74) is -0.00917. The Bertz CT molecular complexity index is 145. The van der Waals surface area contributed by atoms with Crippen LogP contribution in [0.5, 0.6) is 0 Å². The van der Waals surface area contributed by atoms with E-state index in [4.69, 9.17) is 0 Å². The van der Waals surface area contributed by atoms with Gasteiger partial charge in [-0.15, -0.1) is 0 Å². The standard InChI is InChI=1S/C10H20O/c1-5-9(3,4)8(2)10(11)6-7-10/h8,11H,5-7H2,1-4H3. The highest BCUT2D eigenvalue weighted by Crippen LogP contribution is 2.50. The highest BCUT2D eigenvalue weighted by atomic mass is 16.3. The Kier molecular flexibility index (Phi) is 2.04. The summed E-state index contributed by atoms with van der Waals surface area (Å²) >= 11 is 0. The van der Waals surface area contributed by atoms with Crippen LogP contribution in [0.2, 0.25) is 0 Å². The van der Waals surface area contributed by atoms with Gasteiger partial charge in [0.1, 0.15) is 0 Å². The van der Waals surface area contributed by atoms with Crippen LogP contribution in [-0.2, 0) is 0 Å². The van der Waals surface area contributed by atoms with E-state index in [-0.39, 0.29) is 5.60 Å². The molecule has 0 aliphatic heterocycles. The van der Waals surface area contributed by atoms with E-state index in [1.165, 1.54) is 0 Å². The fraction of sp³-hybridized carbons (Fsp3) is 1.00.